The molecule has 3 heterocycles. The summed E-state index contributed by atoms with van der Waals surface area (Å²) in [6.45, 7) is 1.86. The number of allylic oxidation sites excluding steroid dienone is 1. The lowest BCUT2D eigenvalue weighted by atomic mass is 9.96. The second kappa shape index (κ2) is 7.96. The Morgan fingerprint density at radius 2 is 2.07 bits per heavy atom. The van der Waals surface area contributed by atoms with E-state index in [4.69, 9.17) is 4.74 Å². The zero-order chi connectivity index (χ0) is 20.4. The van der Waals surface area contributed by atoms with E-state index < -0.39 is 6.04 Å². The molecule has 0 unspecified atom stereocenters. The number of carbonyl (C=O) groups excluding carboxylic acids is 1. The minimum Gasteiger partial charge on any atom is -0.497 e. The standard InChI is InChI=1S/C20H20N6O2S/c1-12-16(18(27)23-14-6-8-15(28-2)9-7-14)17(13-5-4-10-21-11-13)26-19(22-12)24-20(25-26)29-3/h4-11,17H,1-3H3,(H,23,27)(H,22,24,25)/t17-/m0/s1. The Morgan fingerprint density at radius 1 is 1.28 bits per heavy atom. The van der Waals surface area contributed by atoms with Crippen molar-refractivity contribution in [3.63, 3.8) is 0 Å². The third-order valence-electron chi connectivity index (χ3n) is 4.61. The van der Waals surface area contributed by atoms with E-state index in [2.05, 4.69) is 25.7 Å². The molecule has 0 aliphatic carbocycles. The van der Waals surface area contributed by atoms with E-state index in [0.29, 0.717) is 22.4 Å². The van der Waals surface area contributed by atoms with Crippen LogP contribution in [-0.2, 0) is 4.79 Å². The van der Waals surface area contributed by atoms with Gasteiger partial charge >= 0.3 is 0 Å². The first-order chi connectivity index (χ1) is 14.1. The van der Waals surface area contributed by atoms with Crippen LogP contribution in [0.2, 0.25) is 0 Å². The van der Waals surface area contributed by atoms with Gasteiger partial charge in [-0.05, 0) is 49.1 Å². The Morgan fingerprint density at radius 3 is 2.72 bits per heavy atom. The van der Waals surface area contributed by atoms with Crippen LogP contribution in [0.25, 0.3) is 0 Å². The van der Waals surface area contributed by atoms with E-state index >= 15 is 0 Å². The number of aromatic nitrogens is 4. The number of amides is 1. The number of thioether (sulfide) groups is 1. The molecule has 29 heavy (non-hydrogen) atoms. The lowest BCUT2D eigenvalue weighted by molar-refractivity contribution is -0.113. The number of hydrogen-bond donors (Lipinski definition) is 2. The first kappa shape index (κ1) is 19.0. The van der Waals surface area contributed by atoms with Crippen LogP contribution in [0.5, 0.6) is 5.75 Å². The summed E-state index contributed by atoms with van der Waals surface area (Å²) in [6.07, 6.45) is 5.36. The van der Waals surface area contributed by atoms with Gasteiger partial charge in [0, 0.05) is 23.8 Å². The fourth-order valence-electron chi connectivity index (χ4n) is 3.23. The van der Waals surface area contributed by atoms with Gasteiger partial charge in [0.25, 0.3) is 5.91 Å². The Hall–Kier alpha value is -3.33. The summed E-state index contributed by atoms with van der Waals surface area (Å²) in [7, 11) is 1.60. The predicted octanol–water partition coefficient (Wildman–Crippen LogP) is 3.33. The summed E-state index contributed by atoms with van der Waals surface area (Å²) in [5.74, 6) is 1.10. The third kappa shape index (κ3) is 3.68. The molecule has 0 radical (unpaired) electrons. The maximum Gasteiger partial charge on any atom is 0.255 e. The maximum absolute atomic E-state index is 13.3. The van der Waals surface area contributed by atoms with Crippen molar-refractivity contribution in [2.45, 2.75) is 18.1 Å². The van der Waals surface area contributed by atoms with Crippen molar-refractivity contribution < 1.29 is 9.53 Å². The molecule has 1 aromatic carbocycles. The summed E-state index contributed by atoms with van der Waals surface area (Å²) in [5.41, 5.74) is 2.80. The average molecular weight is 408 g/mol. The van der Waals surface area contributed by atoms with Crippen molar-refractivity contribution in [3.05, 3.63) is 65.6 Å². The van der Waals surface area contributed by atoms with Gasteiger partial charge in [0.1, 0.15) is 11.8 Å². The molecule has 0 spiro atoms. The van der Waals surface area contributed by atoms with Gasteiger partial charge in [0.05, 0.1) is 12.7 Å². The number of pyridine rings is 1. The monoisotopic (exact) mass is 408 g/mol. The molecular weight excluding hydrogens is 388 g/mol. The number of benzene rings is 1. The van der Waals surface area contributed by atoms with Crippen LogP contribution in [0.15, 0.2) is 65.2 Å². The van der Waals surface area contributed by atoms with Crippen LogP contribution in [0, 0.1) is 0 Å². The molecule has 1 aliphatic heterocycles. The quantitative estimate of drug-likeness (QED) is 0.626. The molecule has 0 saturated heterocycles. The van der Waals surface area contributed by atoms with Crippen LogP contribution in [0.3, 0.4) is 0 Å². The van der Waals surface area contributed by atoms with Crippen molar-refractivity contribution in [1.29, 1.82) is 0 Å². The largest absolute Gasteiger partial charge is 0.497 e. The summed E-state index contributed by atoms with van der Waals surface area (Å²) in [4.78, 5) is 22.0. The summed E-state index contributed by atoms with van der Waals surface area (Å²) >= 11 is 1.45. The molecule has 0 fully saturated rings. The summed E-state index contributed by atoms with van der Waals surface area (Å²) < 4.78 is 6.91. The van der Waals surface area contributed by atoms with E-state index in [-0.39, 0.29) is 5.91 Å². The lowest BCUT2D eigenvalue weighted by Crippen LogP contribution is -2.31. The highest BCUT2D eigenvalue weighted by molar-refractivity contribution is 7.98. The van der Waals surface area contributed by atoms with Gasteiger partial charge in [-0.25, -0.2) is 4.68 Å². The second-order valence-electron chi connectivity index (χ2n) is 6.40. The van der Waals surface area contributed by atoms with Crippen molar-refractivity contribution >= 4 is 29.3 Å². The SMILES string of the molecule is COc1ccc(NC(=O)C2=C(C)Nc3nc(SC)nn3[C@H]2c2cccnc2)cc1. The van der Waals surface area contributed by atoms with Crippen molar-refractivity contribution in [2.75, 3.05) is 24.0 Å². The first-order valence-corrected chi connectivity index (χ1v) is 10.2. The van der Waals surface area contributed by atoms with Crippen LogP contribution in [0.1, 0.15) is 18.5 Å². The molecule has 1 atom stereocenters. The van der Waals surface area contributed by atoms with Gasteiger partial charge in [0.15, 0.2) is 0 Å². The molecule has 0 bridgehead atoms. The highest BCUT2D eigenvalue weighted by Crippen LogP contribution is 2.36. The number of hydrogen-bond acceptors (Lipinski definition) is 7. The molecule has 4 rings (SSSR count). The number of rotatable bonds is 5. The fourth-order valence-corrected chi connectivity index (χ4v) is 3.58. The molecule has 2 N–H and O–H groups in total. The van der Waals surface area contributed by atoms with Crippen molar-refractivity contribution in [1.82, 2.24) is 19.7 Å². The van der Waals surface area contributed by atoms with E-state index in [0.717, 1.165) is 17.0 Å². The molecule has 9 heteroatoms. The number of ether oxygens (including phenoxy) is 1. The number of nitrogens with zero attached hydrogens (tertiary/aromatic N) is 4. The van der Waals surface area contributed by atoms with Gasteiger partial charge in [-0.3, -0.25) is 9.78 Å². The Bertz CT molecular complexity index is 1060. The Balaban J connectivity index is 1.73. The number of methoxy groups -OCH3 is 1. The highest BCUT2D eigenvalue weighted by Gasteiger charge is 2.34. The zero-order valence-corrected chi connectivity index (χ0v) is 17.0. The molecule has 1 aliphatic rings. The van der Waals surface area contributed by atoms with Gasteiger partial charge in [-0.15, -0.1) is 5.10 Å². The van der Waals surface area contributed by atoms with E-state index in [1.807, 2.05) is 25.3 Å². The molecule has 2 aromatic heterocycles. The smallest absolute Gasteiger partial charge is 0.255 e. The van der Waals surface area contributed by atoms with Gasteiger partial charge < -0.3 is 15.4 Å². The Labute approximate surface area is 172 Å². The van der Waals surface area contributed by atoms with Crippen molar-refractivity contribution in [3.8, 4) is 5.75 Å². The number of carbonyl (C=O) groups is 1. The highest BCUT2D eigenvalue weighted by atomic mass is 32.2. The topological polar surface area (TPSA) is 94.0 Å². The zero-order valence-electron chi connectivity index (χ0n) is 16.2. The predicted molar refractivity (Wildman–Crippen MR) is 112 cm³/mol. The molecule has 148 valence electrons. The van der Waals surface area contributed by atoms with Crippen LogP contribution in [-0.4, -0.2) is 39.0 Å². The summed E-state index contributed by atoms with van der Waals surface area (Å²) in [5, 5.41) is 11.4. The van der Waals surface area contributed by atoms with E-state index in [1.165, 1.54) is 11.8 Å². The lowest BCUT2D eigenvalue weighted by Gasteiger charge is -2.28. The molecule has 3 aromatic rings. The van der Waals surface area contributed by atoms with E-state index in [9.17, 15) is 4.79 Å². The first-order valence-electron chi connectivity index (χ1n) is 8.94. The number of fused-ring (bicyclic) bond motifs is 1. The molecule has 8 nitrogen and oxygen atoms in total. The second-order valence-corrected chi connectivity index (χ2v) is 7.18. The minimum absolute atomic E-state index is 0.221. The maximum atomic E-state index is 13.3. The molecule has 0 saturated carbocycles. The number of anilines is 2. The molecule has 1 amide bonds. The van der Waals surface area contributed by atoms with Crippen LogP contribution >= 0.6 is 11.8 Å². The van der Waals surface area contributed by atoms with Gasteiger partial charge in [-0.1, -0.05) is 17.8 Å². The Kier molecular flexibility index (Phi) is 5.22. The minimum atomic E-state index is -0.438. The van der Waals surface area contributed by atoms with Crippen LogP contribution < -0.4 is 15.4 Å². The van der Waals surface area contributed by atoms with Crippen LogP contribution in [0.4, 0.5) is 11.6 Å². The summed E-state index contributed by atoms with van der Waals surface area (Å²) in [6, 6.07) is 10.5. The van der Waals surface area contributed by atoms with Gasteiger partial charge in [-0.2, -0.15) is 4.98 Å². The van der Waals surface area contributed by atoms with E-state index in [1.54, 1.807) is 48.5 Å². The molecular formula is C20H20N6O2S. The third-order valence-corrected chi connectivity index (χ3v) is 5.15. The average Bonchev–Trinajstić information content (AvgIpc) is 3.16. The fraction of sp³-hybridized carbons (Fsp3) is 0.200. The van der Waals surface area contributed by atoms with Crippen molar-refractivity contribution in [2.24, 2.45) is 0 Å². The van der Waals surface area contributed by atoms with Gasteiger partial charge in [0.2, 0.25) is 11.1 Å². The number of nitrogens with one attached hydrogen (secondary N) is 2. The normalized spacial score (nSPS) is 15.5.